The molecule has 20 heterocycles. The van der Waals surface area contributed by atoms with Gasteiger partial charge in [0.1, 0.15) is 5.82 Å². The van der Waals surface area contributed by atoms with Gasteiger partial charge in [-0.05, 0) is 271 Å². The highest BCUT2D eigenvalue weighted by Gasteiger charge is 2.36. The molecule has 15 N–H and O–H groups in total. The number of nitrogens with one attached hydrogen (secondary N) is 15. The van der Waals surface area contributed by atoms with Gasteiger partial charge in [-0.2, -0.15) is 25.5 Å². The van der Waals surface area contributed by atoms with Gasteiger partial charge in [-0.3, -0.25) is 74.4 Å². The monoisotopic (exact) mass is 1900 g/mol. The first kappa shape index (κ1) is 91.9. The number of carbonyl (C=O) groups excluding carboxylic acids is 5. The molecule has 0 bridgehead atoms. The summed E-state index contributed by atoms with van der Waals surface area (Å²) in [6.45, 7) is 21.3. The lowest BCUT2D eigenvalue weighted by molar-refractivity contribution is -0.111. The predicted octanol–water partition coefficient (Wildman–Crippen LogP) is 20.5. The van der Waals surface area contributed by atoms with Crippen molar-refractivity contribution in [2.24, 2.45) is 0 Å². The van der Waals surface area contributed by atoms with Crippen molar-refractivity contribution < 1.29 is 28.4 Å². The van der Waals surface area contributed by atoms with Crippen LogP contribution in [-0.4, -0.2) is 138 Å². The number of aromatic nitrogens is 15. The normalized spacial score (nSPS) is 16.4. The first-order valence-electron chi connectivity index (χ1n) is 46.9. The molecule has 0 fully saturated rings. The Hall–Kier alpha value is -16.8. The Balaban J connectivity index is 0.000000108. The van der Waals surface area contributed by atoms with Crippen LogP contribution in [0.3, 0.4) is 0 Å². The molecule has 0 unspecified atom stereocenters. The van der Waals surface area contributed by atoms with E-state index in [0.717, 1.165) is 305 Å². The van der Waals surface area contributed by atoms with Crippen LogP contribution in [0.1, 0.15) is 168 Å². The van der Waals surface area contributed by atoms with Crippen LogP contribution in [0.25, 0.3) is 114 Å². The highest BCUT2D eigenvalue weighted by Crippen LogP contribution is 2.49. The molecule has 0 saturated heterocycles. The SMILES string of the molecule is C.Cc1[nH]ncc1/C=C1\C(=O)Nc2ccc(-c3cnc4c(c3C)NCCC4)cc21.Cc1c(-c2cc(Cl)c3c(c2)/C(=C/c2cn[nH]c2)C(=O)N3)cnc2c1NCCC2.Cc1c(-c2cc(F)c3c(c2C)/C(=C/c2cn[nH]c2)C(=O)N3)cnc2c1NCCC2.Cc1c(-c2ccc3c(c2)/C(=C/c2cn[nH]c2)C(=O)N3)cnc2c1NCCC2.Cc1cc(-c2cnc3c(c2C)NCCC3)cc2c1NC(=O)/C2=C\c1cn[nH]c1. The zero-order valence-corrected chi connectivity index (χ0v) is 79.0. The summed E-state index contributed by atoms with van der Waals surface area (Å²) in [6.07, 6.45) is 44.7. The molecule has 141 heavy (non-hydrogen) atoms. The third-order valence-electron chi connectivity index (χ3n) is 27.4. The third kappa shape index (κ3) is 17.8. The van der Waals surface area contributed by atoms with Crippen LogP contribution in [0.5, 0.6) is 0 Å². The topological polar surface area (TPSA) is 413 Å². The van der Waals surface area contributed by atoms with Gasteiger partial charge in [0.25, 0.3) is 29.5 Å². The minimum Gasteiger partial charge on any atom is -0.383 e. The maximum Gasteiger partial charge on any atom is 0.256 e. The highest BCUT2D eigenvalue weighted by molar-refractivity contribution is 6.42. The molecule has 15 aromatic rings. The van der Waals surface area contributed by atoms with E-state index in [2.05, 4.69) is 176 Å². The quantitative estimate of drug-likeness (QED) is 0.0565. The first-order valence-corrected chi connectivity index (χ1v) is 47.3. The molecule has 10 aliphatic rings. The standard InChI is InChI=1S/C22H20FN5O.2C22H21N5O.C21H18ClN5O.C21H19N5O.CH4/c1-11-14(16-10-25-18-4-3-5-24-20(18)12(16)2)7-17(23)21-19(11)15(22(29)28-21)6-13-8-26-27-9-13;1-12-18(11-24-20-4-3-7-23-21(12)20)14-5-6-19-16(8-14)17(22(28)26-19)9-15-10-25-27-13(15)2;1-12-6-15(18-11-24-19-4-3-5-23-21(19)13(18)2)8-16-17(22(28)27-20(12)16)7-14-9-25-26-10-14;1-11-16(10-24-18-3-2-4-23-19(11)18)13-6-14-15(5-12-8-25-26-9-12)21(28)27-20(14)17(22)7-13;1-12-17(11-23-19-3-2-6-22-20(12)19)14-4-5-18-15(8-14)16(21(27)26-18)7-13-9-24-25-10-13;/h6-10,24H,3-5H2,1-2H3,(H,26,27)(H,28,29);5-6,8-11,23H,3-4,7H2,1-2H3,(H,25,27)(H,26,28);6-11,23H,3-5H2,1-2H3,(H,25,26)(H,27,28);5-10,23H,2-4H2,1H3,(H,25,26)(H,27,28);4-5,7-11,22H,2-3,6H2,1H3,(H,24,25)(H,26,27);1H4/b15-6-;17-9-;17-7-;15-5-;16-7-;. The van der Waals surface area contributed by atoms with E-state index < -0.39 is 5.82 Å². The Labute approximate surface area is 817 Å². The zero-order chi connectivity index (χ0) is 96.3. The summed E-state index contributed by atoms with van der Waals surface area (Å²) in [7, 11) is 0. The fraction of sp³-hybridized carbons (Fsp3) is 0.220. The van der Waals surface area contributed by atoms with Gasteiger partial charge in [0.15, 0.2) is 0 Å². The molecule has 30 nitrogen and oxygen atoms in total. The highest BCUT2D eigenvalue weighted by atomic mass is 35.5. The second-order valence-electron chi connectivity index (χ2n) is 36.3. The van der Waals surface area contributed by atoms with E-state index in [1.54, 1.807) is 61.8 Å². The molecule has 5 amide bonds. The maximum atomic E-state index is 15.0. The molecule has 708 valence electrons. The van der Waals surface area contributed by atoms with E-state index in [0.29, 0.717) is 44.1 Å². The van der Waals surface area contributed by atoms with E-state index in [1.165, 1.54) is 22.8 Å². The number of hydrogen-bond donors (Lipinski definition) is 15. The van der Waals surface area contributed by atoms with Crippen LogP contribution >= 0.6 is 11.6 Å². The molecule has 5 aromatic carbocycles. The van der Waals surface area contributed by atoms with E-state index in [4.69, 9.17) is 16.6 Å². The number of aryl methyl sites for hydroxylation is 7. The Kier molecular flexibility index (Phi) is 25.2. The van der Waals surface area contributed by atoms with Gasteiger partial charge in [0, 0.05) is 211 Å². The lowest BCUT2D eigenvalue weighted by atomic mass is 9.90. The number of benzene rings is 5. The molecule has 0 saturated carbocycles. The summed E-state index contributed by atoms with van der Waals surface area (Å²) in [4.78, 5) is 86.0. The van der Waals surface area contributed by atoms with Crippen molar-refractivity contribution in [1.29, 1.82) is 0 Å². The number of H-pyrrole nitrogens is 5. The number of pyridine rings is 5. The number of rotatable bonds is 10. The smallest absolute Gasteiger partial charge is 0.256 e. The van der Waals surface area contributed by atoms with E-state index in [-0.39, 0.29) is 42.6 Å². The van der Waals surface area contributed by atoms with Crippen molar-refractivity contribution in [1.82, 2.24) is 75.9 Å². The molecule has 0 spiro atoms. The number of hydrogen-bond acceptors (Lipinski definition) is 20. The van der Waals surface area contributed by atoms with E-state index in [1.807, 2.05) is 119 Å². The molecular formula is C109H103ClFN25O5. The first-order chi connectivity index (χ1) is 68.1. The molecule has 10 aliphatic heterocycles. The van der Waals surface area contributed by atoms with Gasteiger partial charge >= 0.3 is 0 Å². The Morgan fingerprint density at radius 2 is 0.652 bits per heavy atom. The van der Waals surface area contributed by atoms with Gasteiger partial charge in [0.05, 0.1) is 116 Å². The van der Waals surface area contributed by atoms with Gasteiger partial charge in [0.2, 0.25) is 0 Å². The van der Waals surface area contributed by atoms with Crippen LogP contribution in [0.4, 0.5) is 61.3 Å². The fourth-order valence-electron chi connectivity index (χ4n) is 20.1. The number of aromatic amines is 5. The van der Waals surface area contributed by atoms with Crippen LogP contribution < -0.4 is 53.2 Å². The molecule has 0 atom stereocenters. The Bertz CT molecular complexity index is 7590. The van der Waals surface area contributed by atoms with Crippen molar-refractivity contribution in [3.8, 4) is 55.6 Å². The van der Waals surface area contributed by atoms with Crippen LogP contribution in [0.2, 0.25) is 5.02 Å². The molecular weight excluding hydrogens is 1790 g/mol. The number of halogens is 2. The summed E-state index contributed by atoms with van der Waals surface area (Å²) in [5, 5.41) is 66.1. The fourth-order valence-corrected chi connectivity index (χ4v) is 20.4. The molecule has 25 rings (SSSR count). The van der Waals surface area contributed by atoms with Gasteiger partial charge in [-0.1, -0.05) is 31.2 Å². The molecule has 32 heteroatoms. The molecule has 0 aliphatic carbocycles. The minimum atomic E-state index is -0.449. The second kappa shape index (κ2) is 38.6. The summed E-state index contributed by atoms with van der Waals surface area (Å²) in [5.41, 5.74) is 44.7. The number of nitrogens with zero attached hydrogens (tertiary/aromatic N) is 10. The summed E-state index contributed by atoms with van der Waals surface area (Å²) in [5.74, 6) is -1.20. The summed E-state index contributed by atoms with van der Waals surface area (Å²) in [6, 6.07) is 21.8. The second-order valence-corrected chi connectivity index (χ2v) is 36.7. The maximum absolute atomic E-state index is 15.0. The lowest BCUT2D eigenvalue weighted by Gasteiger charge is -2.22. The van der Waals surface area contributed by atoms with Crippen molar-refractivity contribution in [3.05, 3.63) is 293 Å². The number of amides is 5. The van der Waals surface area contributed by atoms with E-state index in [9.17, 15) is 24.0 Å². The molecule has 10 aromatic heterocycles. The van der Waals surface area contributed by atoms with Crippen LogP contribution in [0.15, 0.2) is 153 Å². The van der Waals surface area contributed by atoms with Crippen molar-refractivity contribution in [3.63, 3.8) is 0 Å². The number of fused-ring (bicyclic) bond motifs is 10. The summed E-state index contributed by atoms with van der Waals surface area (Å²) < 4.78 is 15.0. The number of carbonyl (C=O) groups is 5. The third-order valence-corrected chi connectivity index (χ3v) is 27.7. The van der Waals surface area contributed by atoms with Gasteiger partial charge in [-0.15, -0.1) is 0 Å². The van der Waals surface area contributed by atoms with Crippen molar-refractivity contribution >= 4 is 156 Å². The molecule has 0 radical (unpaired) electrons. The van der Waals surface area contributed by atoms with Crippen LogP contribution in [0, 0.1) is 61.2 Å². The largest absolute Gasteiger partial charge is 0.383 e. The average Bonchev–Trinajstić information content (AvgIpc) is 1.58. The van der Waals surface area contributed by atoms with Gasteiger partial charge in [-0.25, -0.2) is 4.39 Å². The minimum absolute atomic E-state index is 0. The average molecular weight is 1900 g/mol. The van der Waals surface area contributed by atoms with Crippen molar-refractivity contribution in [2.75, 3.05) is 85.9 Å². The Morgan fingerprint density at radius 1 is 0.312 bits per heavy atom. The van der Waals surface area contributed by atoms with E-state index >= 15 is 4.39 Å². The van der Waals surface area contributed by atoms with Crippen molar-refractivity contribution in [2.45, 2.75) is 127 Å². The zero-order valence-electron chi connectivity index (χ0n) is 78.2. The number of anilines is 10. The lowest BCUT2D eigenvalue weighted by Crippen LogP contribution is -2.15. The van der Waals surface area contributed by atoms with Crippen LogP contribution in [-0.2, 0) is 56.1 Å². The summed E-state index contributed by atoms with van der Waals surface area (Å²) >= 11 is 6.54. The predicted molar refractivity (Wildman–Crippen MR) is 557 cm³/mol. The van der Waals surface area contributed by atoms with Gasteiger partial charge < -0.3 is 53.2 Å². The Morgan fingerprint density at radius 3 is 1.06 bits per heavy atom.